The third-order valence-electron chi connectivity index (χ3n) is 5.07. The van der Waals surface area contributed by atoms with Crippen LogP contribution in [0.4, 0.5) is 18.9 Å². The van der Waals surface area contributed by atoms with Crippen molar-refractivity contribution < 1.29 is 18.0 Å². The number of aryl methyl sites for hydroxylation is 1. The second-order valence-corrected chi connectivity index (χ2v) is 9.16. The highest BCUT2D eigenvalue weighted by Gasteiger charge is 2.30. The first-order valence-electron chi connectivity index (χ1n) is 9.82. The number of hydrogen-bond donors (Lipinski definition) is 1. The van der Waals surface area contributed by atoms with E-state index in [0.717, 1.165) is 35.0 Å². The average Bonchev–Trinajstić information content (AvgIpc) is 3.23. The lowest BCUT2D eigenvalue weighted by Crippen LogP contribution is -2.23. The highest BCUT2D eigenvalue weighted by Crippen LogP contribution is 2.31. The minimum absolute atomic E-state index is 0.0450. The van der Waals surface area contributed by atoms with Gasteiger partial charge in [-0.1, -0.05) is 30.0 Å². The molecule has 0 spiro atoms. The highest BCUT2D eigenvalue weighted by molar-refractivity contribution is 7.99. The maximum absolute atomic E-state index is 13.3. The summed E-state index contributed by atoms with van der Waals surface area (Å²) in [5, 5.41) is 4.59. The zero-order chi connectivity index (χ0) is 23.8. The Balaban J connectivity index is 1.63. The Morgan fingerprint density at radius 1 is 1.15 bits per heavy atom. The SMILES string of the molecule is Cc1cccc(-n2c(SCC(=O)Nc3cccc(C(F)(F)F)c3)nc3ccsc3c2=O)c1C. The van der Waals surface area contributed by atoms with Gasteiger partial charge in [0.15, 0.2) is 5.16 Å². The fourth-order valence-corrected chi connectivity index (χ4v) is 4.84. The monoisotopic (exact) mass is 489 g/mol. The number of halogens is 3. The third-order valence-corrected chi connectivity index (χ3v) is 6.90. The number of carbonyl (C=O) groups excluding carboxylic acids is 1. The summed E-state index contributed by atoms with van der Waals surface area (Å²) in [6.07, 6.45) is -4.50. The Bertz CT molecular complexity index is 1410. The molecule has 10 heteroatoms. The van der Waals surface area contributed by atoms with E-state index < -0.39 is 17.6 Å². The molecule has 170 valence electrons. The van der Waals surface area contributed by atoms with Gasteiger partial charge >= 0.3 is 6.18 Å². The number of rotatable bonds is 5. The van der Waals surface area contributed by atoms with Crippen LogP contribution in [-0.2, 0) is 11.0 Å². The topological polar surface area (TPSA) is 64.0 Å². The molecular weight excluding hydrogens is 471 g/mol. The van der Waals surface area contributed by atoms with E-state index in [-0.39, 0.29) is 17.0 Å². The zero-order valence-electron chi connectivity index (χ0n) is 17.6. The van der Waals surface area contributed by atoms with E-state index in [0.29, 0.717) is 21.1 Å². The minimum atomic E-state index is -4.50. The summed E-state index contributed by atoms with van der Waals surface area (Å²) >= 11 is 2.34. The number of carbonyl (C=O) groups is 1. The highest BCUT2D eigenvalue weighted by atomic mass is 32.2. The molecule has 0 unspecified atom stereocenters. The van der Waals surface area contributed by atoms with Gasteiger partial charge in [0.25, 0.3) is 5.56 Å². The molecule has 0 fully saturated rings. The second kappa shape index (κ2) is 9.03. The first-order chi connectivity index (χ1) is 15.6. The number of aromatic nitrogens is 2. The van der Waals surface area contributed by atoms with Crippen LogP contribution >= 0.6 is 23.1 Å². The van der Waals surface area contributed by atoms with Crippen LogP contribution in [0.1, 0.15) is 16.7 Å². The first kappa shape index (κ1) is 23.1. The number of hydrogen-bond acceptors (Lipinski definition) is 5. The molecule has 0 saturated heterocycles. The number of nitrogens with zero attached hydrogens (tertiary/aromatic N) is 2. The molecule has 4 aromatic rings. The van der Waals surface area contributed by atoms with Crippen LogP contribution in [0.5, 0.6) is 0 Å². The van der Waals surface area contributed by atoms with Gasteiger partial charge in [0.2, 0.25) is 5.91 Å². The van der Waals surface area contributed by atoms with E-state index in [4.69, 9.17) is 0 Å². The van der Waals surface area contributed by atoms with Crippen LogP contribution < -0.4 is 10.9 Å². The molecule has 0 aliphatic heterocycles. The summed E-state index contributed by atoms with van der Waals surface area (Å²) < 4.78 is 40.8. The molecule has 0 bridgehead atoms. The van der Waals surface area contributed by atoms with Gasteiger partial charge in [-0.3, -0.25) is 14.2 Å². The third kappa shape index (κ3) is 4.81. The molecule has 4 rings (SSSR count). The normalized spacial score (nSPS) is 11.7. The second-order valence-electron chi connectivity index (χ2n) is 7.30. The Kier molecular flexibility index (Phi) is 6.31. The fourth-order valence-electron chi connectivity index (χ4n) is 3.28. The van der Waals surface area contributed by atoms with E-state index in [2.05, 4.69) is 10.3 Å². The minimum Gasteiger partial charge on any atom is -0.325 e. The number of thioether (sulfide) groups is 1. The molecular formula is C23H18F3N3O2S2. The van der Waals surface area contributed by atoms with Gasteiger partial charge in [0.05, 0.1) is 22.5 Å². The lowest BCUT2D eigenvalue weighted by molar-refractivity contribution is -0.137. The van der Waals surface area contributed by atoms with E-state index in [1.165, 1.54) is 28.0 Å². The molecule has 1 amide bonds. The van der Waals surface area contributed by atoms with Crippen molar-refractivity contribution in [2.75, 3.05) is 11.1 Å². The molecule has 2 aromatic heterocycles. The summed E-state index contributed by atoms with van der Waals surface area (Å²) in [7, 11) is 0. The van der Waals surface area contributed by atoms with Crippen molar-refractivity contribution in [1.82, 2.24) is 9.55 Å². The Morgan fingerprint density at radius 3 is 2.67 bits per heavy atom. The number of fused-ring (bicyclic) bond motifs is 1. The molecule has 33 heavy (non-hydrogen) atoms. The van der Waals surface area contributed by atoms with Crippen LogP contribution in [0.3, 0.4) is 0 Å². The average molecular weight is 490 g/mol. The van der Waals surface area contributed by atoms with Gasteiger partial charge < -0.3 is 5.32 Å². The van der Waals surface area contributed by atoms with Gasteiger partial charge in [-0.2, -0.15) is 13.2 Å². The van der Waals surface area contributed by atoms with Crippen LogP contribution in [-0.4, -0.2) is 21.2 Å². The fraction of sp³-hybridized carbons (Fsp3) is 0.174. The van der Waals surface area contributed by atoms with Gasteiger partial charge in [-0.05, 0) is 60.7 Å². The van der Waals surface area contributed by atoms with Crippen molar-refractivity contribution in [3.05, 3.63) is 81.0 Å². The Hall–Kier alpha value is -3.11. The predicted molar refractivity (Wildman–Crippen MR) is 125 cm³/mol. The lowest BCUT2D eigenvalue weighted by Gasteiger charge is -2.15. The van der Waals surface area contributed by atoms with E-state index in [1.54, 1.807) is 11.4 Å². The summed E-state index contributed by atoms with van der Waals surface area (Å²) in [6.45, 7) is 3.85. The van der Waals surface area contributed by atoms with E-state index in [9.17, 15) is 22.8 Å². The number of thiophene rings is 1. The first-order valence-corrected chi connectivity index (χ1v) is 11.7. The number of benzene rings is 2. The maximum atomic E-state index is 13.3. The largest absolute Gasteiger partial charge is 0.416 e. The van der Waals surface area contributed by atoms with Crippen molar-refractivity contribution in [2.24, 2.45) is 0 Å². The van der Waals surface area contributed by atoms with E-state index >= 15 is 0 Å². The molecule has 0 saturated carbocycles. The number of anilines is 1. The number of amides is 1. The summed E-state index contributed by atoms with van der Waals surface area (Å²) in [5.41, 5.74) is 2.08. The molecule has 0 aliphatic carbocycles. The van der Waals surface area contributed by atoms with Gasteiger partial charge in [0, 0.05) is 5.69 Å². The summed E-state index contributed by atoms with van der Waals surface area (Å²) in [4.78, 5) is 30.3. The zero-order valence-corrected chi connectivity index (χ0v) is 19.2. The molecule has 0 atom stereocenters. The van der Waals surface area contributed by atoms with Crippen LogP contribution in [0.25, 0.3) is 15.9 Å². The number of nitrogens with one attached hydrogen (secondary N) is 1. The van der Waals surface area contributed by atoms with Crippen molar-refractivity contribution in [2.45, 2.75) is 25.2 Å². The van der Waals surface area contributed by atoms with Crippen LogP contribution in [0.2, 0.25) is 0 Å². The van der Waals surface area contributed by atoms with Gasteiger partial charge in [-0.25, -0.2) is 4.98 Å². The smallest absolute Gasteiger partial charge is 0.325 e. The van der Waals surface area contributed by atoms with E-state index in [1.807, 2.05) is 32.0 Å². The van der Waals surface area contributed by atoms with Crippen molar-refractivity contribution in [1.29, 1.82) is 0 Å². The maximum Gasteiger partial charge on any atom is 0.416 e. The number of alkyl halides is 3. The van der Waals surface area contributed by atoms with Gasteiger partial charge in [-0.15, -0.1) is 11.3 Å². The molecule has 5 nitrogen and oxygen atoms in total. The molecule has 2 aromatic carbocycles. The quantitative estimate of drug-likeness (QED) is 0.284. The molecule has 2 heterocycles. The van der Waals surface area contributed by atoms with Gasteiger partial charge in [0.1, 0.15) is 4.70 Å². The molecule has 1 N–H and O–H groups in total. The van der Waals surface area contributed by atoms with Crippen LogP contribution in [0.15, 0.2) is 63.9 Å². The van der Waals surface area contributed by atoms with Crippen molar-refractivity contribution >= 4 is 44.9 Å². The summed E-state index contributed by atoms with van der Waals surface area (Å²) in [6, 6.07) is 11.8. The molecule has 0 radical (unpaired) electrons. The Labute approximate surface area is 195 Å². The lowest BCUT2D eigenvalue weighted by atomic mass is 10.1. The van der Waals surface area contributed by atoms with Crippen molar-refractivity contribution in [3.63, 3.8) is 0 Å². The summed E-state index contributed by atoms with van der Waals surface area (Å²) in [5.74, 6) is -0.644. The molecule has 0 aliphatic rings. The standard InChI is InChI=1S/C23H18F3N3O2S2/c1-13-5-3-8-18(14(13)2)29-21(31)20-17(9-10-32-20)28-22(29)33-12-19(30)27-16-7-4-6-15(11-16)23(24,25)26/h3-11H,12H2,1-2H3,(H,27,30). The predicted octanol–water partition coefficient (Wildman–Crippen LogP) is 5.81. The Morgan fingerprint density at radius 2 is 1.91 bits per heavy atom. The van der Waals surface area contributed by atoms with Crippen molar-refractivity contribution in [3.8, 4) is 5.69 Å². The van der Waals surface area contributed by atoms with Crippen LogP contribution in [0, 0.1) is 13.8 Å².